The Hall–Kier alpha value is -2.38. The van der Waals surface area contributed by atoms with Gasteiger partial charge in [0.15, 0.2) is 0 Å². The van der Waals surface area contributed by atoms with E-state index in [0.717, 1.165) is 10.9 Å². The van der Waals surface area contributed by atoms with Crippen LogP contribution in [0.3, 0.4) is 0 Å². The van der Waals surface area contributed by atoms with Gasteiger partial charge in [-0.05, 0) is 68.9 Å². The molecule has 0 aliphatic heterocycles. The average Bonchev–Trinajstić information content (AvgIpc) is 2.58. The smallest absolute Gasteiger partial charge is 0.0688 e. The highest BCUT2D eigenvalue weighted by molar-refractivity contribution is 6.17. The van der Waals surface area contributed by atoms with E-state index in [4.69, 9.17) is 0 Å². The maximum atomic E-state index is 9.77. The Morgan fingerprint density at radius 2 is 1.23 bits per heavy atom. The molecule has 0 radical (unpaired) electrons. The minimum Gasteiger partial charge on any atom is -0.392 e. The molecule has 22 heavy (non-hydrogen) atoms. The Morgan fingerprint density at radius 1 is 0.682 bits per heavy atom. The predicted molar refractivity (Wildman–Crippen MR) is 94.4 cm³/mol. The molecule has 1 N–H and O–H groups in total. The Balaban J connectivity index is 2.37. The fourth-order valence-electron chi connectivity index (χ4n) is 3.70. The van der Waals surface area contributed by atoms with Crippen molar-refractivity contribution in [2.24, 2.45) is 0 Å². The normalized spacial score (nSPS) is 11.6. The van der Waals surface area contributed by atoms with Gasteiger partial charge in [-0.15, -0.1) is 0 Å². The quantitative estimate of drug-likeness (QED) is 0.374. The second kappa shape index (κ2) is 4.82. The van der Waals surface area contributed by atoms with Crippen LogP contribution in [-0.2, 0) is 6.61 Å². The number of benzene rings is 4. The van der Waals surface area contributed by atoms with Crippen molar-refractivity contribution in [1.29, 1.82) is 0 Å². The van der Waals surface area contributed by atoms with E-state index < -0.39 is 0 Å². The highest BCUT2D eigenvalue weighted by Gasteiger charge is 2.13. The molecule has 0 heterocycles. The zero-order valence-electron chi connectivity index (χ0n) is 12.9. The van der Waals surface area contributed by atoms with Crippen molar-refractivity contribution >= 4 is 32.3 Å². The van der Waals surface area contributed by atoms with E-state index in [2.05, 4.69) is 62.4 Å². The van der Waals surface area contributed by atoms with E-state index in [9.17, 15) is 5.11 Å². The summed E-state index contributed by atoms with van der Waals surface area (Å²) < 4.78 is 0. The Morgan fingerprint density at radius 3 is 1.86 bits per heavy atom. The topological polar surface area (TPSA) is 20.2 Å². The van der Waals surface area contributed by atoms with Gasteiger partial charge >= 0.3 is 0 Å². The lowest BCUT2D eigenvalue weighted by atomic mass is 9.88. The Labute approximate surface area is 129 Å². The van der Waals surface area contributed by atoms with Crippen molar-refractivity contribution in [3.63, 3.8) is 0 Å². The molecule has 1 heteroatoms. The van der Waals surface area contributed by atoms with E-state index in [1.54, 1.807) is 0 Å². The van der Waals surface area contributed by atoms with E-state index in [0.29, 0.717) is 0 Å². The van der Waals surface area contributed by atoms with Crippen LogP contribution in [0.15, 0.2) is 54.6 Å². The summed E-state index contributed by atoms with van der Waals surface area (Å²) in [6, 6.07) is 19.1. The molecular formula is C21H18O. The fourth-order valence-corrected chi connectivity index (χ4v) is 3.70. The summed E-state index contributed by atoms with van der Waals surface area (Å²) in [4.78, 5) is 0. The fraction of sp³-hybridized carbons (Fsp3) is 0.143. The molecule has 4 aromatic carbocycles. The summed E-state index contributed by atoms with van der Waals surface area (Å²) in [7, 11) is 0. The molecule has 0 spiro atoms. The van der Waals surface area contributed by atoms with Gasteiger partial charge in [0, 0.05) is 0 Å². The van der Waals surface area contributed by atoms with Gasteiger partial charge < -0.3 is 5.11 Å². The summed E-state index contributed by atoms with van der Waals surface area (Å²) in [6.45, 7) is 4.46. The van der Waals surface area contributed by atoms with Crippen LogP contribution < -0.4 is 0 Å². The summed E-state index contributed by atoms with van der Waals surface area (Å²) in [5.41, 5.74) is 3.61. The molecular weight excluding hydrogens is 268 g/mol. The number of aliphatic hydroxyl groups is 1. The van der Waals surface area contributed by atoms with Gasteiger partial charge in [0.1, 0.15) is 0 Å². The van der Waals surface area contributed by atoms with Crippen LogP contribution in [-0.4, -0.2) is 5.11 Å². The third kappa shape index (κ3) is 1.69. The molecule has 0 amide bonds. The minimum atomic E-state index is 0.0712. The third-order valence-electron chi connectivity index (χ3n) is 4.81. The first-order valence-corrected chi connectivity index (χ1v) is 7.65. The van der Waals surface area contributed by atoms with Gasteiger partial charge in [-0.2, -0.15) is 0 Å². The summed E-state index contributed by atoms with van der Waals surface area (Å²) >= 11 is 0. The van der Waals surface area contributed by atoms with Crippen molar-refractivity contribution in [3.05, 3.63) is 71.3 Å². The maximum Gasteiger partial charge on any atom is 0.0688 e. The van der Waals surface area contributed by atoms with Crippen LogP contribution in [0.25, 0.3) is 32.3 Å². The van der Waals surface area contributed by atoms with Gasteiger partial charge in [-0.25, -0.2) is 0 Å². The molecule has 4 aromatic rings. The van der Waals surface area contributed by atoms with Crippen molar-refractivity contribution in [1.82, 2.24) is 0 Å². The van der Waals surface area contributed by atoms with E-state index in [1.807, 2.05) is 6.07 Å². The lowest BCUT2D eigenvalue weighted by Crippen LogP contribution is -1.93. The lowest BCUT2D eigenvalue weighted by Gasteiger charge is -2.16. The summed E-state index contributed by atoms with van der Waals surface area (Å²) in [6.07, 6.45) is 0. The molecule has 0 atom stereocenters. The molecule has 0 fully saturated rings. The maximum absolute atomic E-state index is 9.77. The first kappa shape index (κ1) is 13.3. The van der Waals surface area contributed by atoms with Crippen molar-refractivity contribution < 1.29 is 5.11 Å². The SMILES string of the molecule is Cc1c2ccccc2c(C)c2c1cc(CO)c1ccccc12. The average molecular weight is 286 g/mol. The number of rotatable bonds is 1. The van der Waals surface area contributed by atoms with Gasteiger partial charge in [-0.3, -0.25) is 0 Å². The first-order valence-electron chi connectivity index (χ1n) is 7.65. The first-order chi connectivity index (χ1) is 10.7. The van der Waals surface area contributed by atoms with Crippen LogP contribution in [0.2, 0.25) is 0 Å². The Kier molecular flexibility index (Phi) is 2.91. The highest BCUT2D eigenvalue weighted by Crippen LogP contribution is 2.37. The zero-order valence-corrected chi connectivity index (χ0v) is 12.9. The minimum absolute atomic E-state index is 0.0712. The highest BCUT2D eigenvalue weighted by atomic mass is 16.3. The summed E-state index contributed by atoms with van der Waals surface area (Å²) in [5, 5.41) is 17.3. The molecule has 0 saturated carbocycles. The number of hydrogen-bond donors (Lipinski definition) is 1. The zero-order chi connectivity index (χ0) is 15.3. The van der Waals surface area contributed by atoms with Crippen LogP contribution in [0, 0.1) is 13.8 Å². The number of fused-ring (bicyclic) bond motifs is 4. The van der Waals surface area contributed by atoms with E-state index >= 15 is 0 Å². The van der Waals surface area contributed by atoms with Gasteiger partial charge in [-0.1, -0.05) is 48.5 Å². The number of aliphatic hydroxyl groups excluding tert-OH is 1. The number of hydrogen-bond acceptors (Lipinski definition) is 1. The summed E-state index contributed by atoms with van der Waals surface area (Å²) in [5.74, 6) is 0. The second-order valence-electron chi connectivity index (χ2n) is 5.96. The van der Waals surface area contributed by atoms with Crippen molar-refractivity contribution in [2.75, 3.05) is 0 Å². The van der Waals surface area contributed by atoms with Crippen molar-refractivity contribution in [3.8, 4) is 0 Å². The molecule has 0 bridgehead atoms. The van der Waals surface area contributed by atoms with Gasteiger partial charge in [0.05, 0.1) is 6.61 Å². The van der Waals surface area contributed by atoms with Gasteiger partial charge in [0.2, 0.25) is 0 Å². The van der Waals surface area contributed by atoms with E-state index in [-0.39, 0.29) is 6.61 Å². The van der Waals surface area contributed by atoms with Crippen LogP contribution in [0.5, 0.6) is 0 Å². The van der Waals surface area contributed by atoms with Crippen LogP contribution in [0.4, 0.5) is 0 Å². The predicted octanol–water partition coefficient (Wildman–Crippen LogP) is 5.26. The molecule has 0 saturated heterocycles. The third-order valence-corrected chi connectivity index (χ3v) is 4.81. The van der Waals surface area contributed by atoms with Crippen LogP contribution in [0.1, 0.15) is 16.7 Å². The molecule has 1 nitrogen and oxygen atoms in total. The standard InChI is InChI=1S/C21H18O/c1-13-16-7-3-4-8-17(16)14(2)21-19-10-6-5-9-18(19)15(12-22)11-20(13)21/h3-11,22H,12H2,1-2H3. The van der Waals surface area contributed by atoms with Crippen LogP contribution >= 0.6 is 0 Å². The Bertz CT molecular complexity index is 1030. The van der Waals surface area contributed by atoms with E-state index in [1.165, 1.54) is 38.1 Å². The molecule has 0 unspecified atom stereocenters. The monoisotopic (exact) mass is 286 g/mol. The second-order valence-corrected chi connectivity index (χ2v) is 5.96. The molecule has 108 valence electrons. The van der Waals surface area contributed by atoms with Gasteiger partial charge in [0.25, 0.3) is 0 Å². The molecule has 4 rings (SSSR count). The molecule has 0 aliphatic carbocycles. The van der Waals surface area contributed by atoms with Crippen molar-refractivity contribution in [2.45, 2.75) is 20.5 Å². The number of aryl methyl sites for hydroxylation is 2. The largest absolute Gasteiger partial charge is 0.392 e. The lowest BCUT2D eigenvalue weighted by molar-refractivity contribution is 0.283. The molecule has 0 aliphatic rings. The molecule has 0 aromatic heterocycles.